The van der Waals surface area contributed by atoms with Gasteiger partial charge in [-0.05, 0) is 38.3 Å². The van der Waals surface area contributed by atoms with Crippen molar-refractivity contribution in [3.05, 3.63) is 0 Å². The molecule has 2 N–H and O–H groups in total. The van der Waals surface area contributed by atoms with Crippen LogP contribution in [0.2, 0.25) is 0 Å². The van der Waals surface area contributed by atoms with Gasteiger partial charge in [0, 0.05) is 26.2 Å². The van der Waals surface area contributed by atoms with E-state index in [2.05, 4.69) is 9.80 Å². The normalized spacial score (nSPS) is 32.8. The van der Waals surface area contributed by atoms with E-state index in [4.69, 9.17) is 5.11 Å². The van der Waals surface area contributed by atoms with Gasteiger partial charge >= 0.3 is 0 Å². The third-order valence-electron chi connectivity index (χ3n) is 4.21. The van der Waals surface area contributed by atoms with Crippen molar-refractivity contribution in [1.29, 1.82) is 0 Å². The molecule has 1 aliphatic carbocycles. The standard InChI is InChI=1S/C13H26N2O2/c16-10-9-14-5-2-6-15(8-7-14)11-12-3-1-4-13(12)17/h12-13,16-17H,1-11H2. The molecule has 4 nitrogen and oxygen atoms in total. The Balaban J connectivity index is 1.74. The number of aliphatic hydroxyl groups is 2. The maximum Gasteiger partial charge on any atom is 0.0580 e. The number of β-amino-alcohol motifs (C(OH)–C–C–N with tert-alkyl or cyclic N) is 1. The van der Waals surface area contributed by atoms with Crippen molar-refractivity contribution in [2.45, 2.75) is 31.8 Å². The van der Waals surface area contributed by atoms with Crippen LogP contribution >= 0.6 is 0 Å². The Labute approximate surface area is 104 Å². The lowest BCUT2D eigenvalue weighted by molar-refractivity contribution is 0.102. The van der Waals surface area contributed by atoms with E-state index in [1.54, 1.807) is 0 Å². The summed E-state index contributed by atoms with van der Waals surface area (Å²) < 4.78 is 0. The molecule has 17 heavy (non-hydrogen) atoms. The minimum atomic E-state index is -0.0632. The summed E-state index contributed by atoms with van der Waals surface area (Å²) in [6.45, 7) is 6.53. The van der Waals surface area contributed by atoms with Gasteiger partial charge in [-0.15, -0.1) is 0 Å². The third-order valence-corrected chi connectivity index (χ3v) is 4.21. The quantitative estimate of drug-likeness (QED) is 0.736. The lowest BCUT2D eigenvalue weighted by atomic mass is 10.1. The summed E-state index contributed by atoms with van der Waals surface area (Å²) in [5, 5.41) is 18.8. The molecule has 2 fully saturated rings. The van der Waals surface area contributed by atoms with Gasteiger partial charge in [0.1, 0.15) is 0 Å². The molecule has 4 heteroatoms. The molecule has 0 aromatic heterocycles. The van der Waals surface area contributed by atoms with Crippen LogP contribution in [0.25, 0.3) is 0 Å². The highest BCUT2D eigenvalue weighted by Crippen LogP contribution is 2.26. The highest BCUT2D eigenvalue weighted by Gasteiger charge is 2.27. The Kier molecular flexibility index (Phi) is 5.22. The number of hydrogen-bond acceptors (Lipinski definition) is 4. The lowest BCUT2D eigenvalue weighted by Crippen LogP contribution is -2.36. The summed E-state index contributed by atoms with van der Waals surface area (Å²) in [7, 11) is 0. The summed E-state index contributed by atoms with van der Waals surface area (Å²) in [5.41, 5.74) is 0. The Morgan fingerprint density at radius 3 is 2.41 bits per heavy atom. The van der Waals surface area contributed by atoms with Crippen molar-refractivity contribution in [3.8, 4) is 0 Å². The van der Waals surface area contributed by atoms with Crippen LogP contribution in [0.4, 0.5) is 0 Å². The zero-order valence-electron chi connectivity index (χ0n) is 10.7. The fourth-order valence-electron chi connectivity index (χ4n) is 3.13. The first-order chi connectivity index (χ1) is 8.29. The van der Waals surface area contributed by atoms with E-state index >= 15 is 0 Å². The predicted molar refractivity (Wildman–Crippen MR) is 67.9 cm³/mol. The molecule has 100 valence electrons. The van der Waals surface area contributed by atoms with E-state index in [1.807, 2.05) is 0 Å². The predicted octanol–water partition coefficient (Wildman–Crippen LogP) is 0.147. The Morgan fingerprint density at radius 1 is 0.941 bits per heavy atom. The van der Waals surface area contributed by atoms with E-state index in [1.165, 1.54) is 19.3 Å². The van der Waals surface area contributed by atoms with E-state index in [0.717, 1.165) is 45.7 Å². The van der Waals surface area contributed by atoms with Gasteiger partial charge in [0.2, 0.25) is 0 Å². The molecule has 1 saturated carbocycles. The Morgan fingerprint density at radius 2 is 1.71 bits per heavy atom. The average Bonchev–Trinajstić information content (AvgIpc) is 2.59. The number of hydrogen-bond donors (Lipinski definition) is 2. The minimum absolute atomic E-state index is 0.0632. The van der Waals surface area contributed by atoms with Crippen LogP contribution in [0.15, 0.2) is 0 Å². The van der Waals surface area contributed by atoms with E-state index in [-0.39, 0.29) is 12.7 Å². The number of nitrogens with zero attached hydrogens (tertiary/aromatic N) is 2. The molecule has 2 atom stereocenters. The molecule has 2 unspecified atom stereocenters. The monoisotopic (exact) mass is 242 g/mol. The van der Waals surface area contributed by atoms with Crippen molar-refractivity contribution in [2.24, 2.45) is 5.92 Å². The Hall–Kier alpha value is -0.160. The minimum Gasteiger partial charge on any atom is -0.395 e. The van der Waals surface area contributed by atoms with Gasteiger partial charge in [-0.25, -0.2) is 0 Å². The highest BCUT2D eigenvalue weighted by molar-refractivity contribution is 4.81. The maximum atomic E-state index is 9.86. The number of rotatable bonds is 4. The van der Waals surface area contributed by atoms with Gasteiger partial charge in [-0.3, -0.25) is 4.90 Å². The molecule has 2 aliphatic rings. The largest absolute Gasteiger partial charge is 0.395 e. The smallest absolute Gasteiger partial charge is 0.0580 e. The maximum absolute atomic E-state index is 9.86. The molecule has 0 bridgehead atoms. The summed E-state index contributed by atoms with van der Waals surface area (Å²) in [5.74, 6) is 0.499. The van der Waals surface area contributed by atoms with E-state index in [0.29, 0.717) is 5.92 Å². The molecule has 0 aromatic rings. The second-order valence-electron chi connectivity index (χ2n) is 5.48. The molecule has 0 amide bonds. The third kappa shape index (κ3) is 3.91. The van der Waals surface area contributed by atoms with Gasteiger partial charge in [0.05, 0.1) is 12.7 Å². The van der Waals surface area contributed by atoms with Crippen LogP contribution in [-0.2, 0) is 0 Å². The van der Waals surface area contributed by atoms with Gasteiger partial charge in [-0.1, -0.05) is 6.42 Å². The summed E-state index contributed by atoms with van der Waals surface area (Å²) in [6, 6.07) is 0. The summed E-state index contributed by atoms with van der Waals surface area (Å²) >= 11 is 0. The van der Waals surface area contributed by atoms with Crippen molar-refractivity contribution in [3.63, 3.8) is 0 Å². The first-order valence-electron chi connectivity index (χ1n) is 7.03. The first-order valence-corrected chi connectivity index (χ1v) is 7.03. The second kappa shape index (κ2) is 6.69. The molecule has 1 heterocycles. The van der Waals surface area contributed by atoms with E-state index < -0.39 is 0 Å². The molecule has 0 radical (unpaired) electrons. The first kappa shape index (κ1) is 13.3. The molecule has 1 aliphatic heterocycles. The van der Waals surface area contributed by atoms with Crippen LogP contribution in [0.3, 0.4) is 0 Å². The molecule has 0 spiro atoms. The van der Waals surface area contributed by atoms with Crippen molar-refractivity contribution in [2.75, 3.05) is 45.9 Å². The van der Waals surface area contributed by atoms with Crippen molar-refractivity contribution in [1.82, 2.24) is 9.80 Å². The van der Waals surface area contributed by atoms with Crippen LogP contribution in [0.5, 0.6) is 0 Å². The fourth-order valence-corrected chi connectivity index (χ4v) is 3.13. The van der Waals surface area contributed by atoms with Crippen LogP contribution in [-0.4, -0.2) is 72.0 Å². The van der Waals surface area contributed by atoms with Crippen LogP contribution < -0.4 is 0 Å². The van der Waals surface area contributed by atoms with Gasteiger partial charge in [-0.2, -0.15) is 0 Å². The van der Waals surface area contributed by atoms with E-state index in [9.17, 15) is 5.11 Å². The molecule has 2 rings (SSSR count). The van der Waals surface area contributed by atoms with Crippen molar-refractivity contribution < 1.29 is 10.2 Å². The van der Waals surface area contributed by atoms with Gasteiger partial charge in [0.25, 0.3) is 0 Å². The summed E-state index contributed by atoms with van der Waals surface area (Å²) in [6.07, 6.45) is 4.50. The topological polar surface area (TPSA) is 46.9 Å². The van der Waals surface area contributed by atoms with Gasteiger partial charge in [0.15, 0.2) is 0 Å². The molecular weight excluding hydrogens is 216 g/mol. The fraction of sp³-hybridized carbons (Fsp3) is 1.00. The van der Waals surface area contributed by atoms with Crippen LogP contribution in [0.1, 0.15) is 25.7 Å². The molecule has 1 saturated heterocycles. The van der Waals surface area contributed by atoms with Crippen LogP contribution in [0, 0.1) is 5.92 Å². The SMILES string of the molecule is OCCN1CCCN(CC2CCCC2O)CC1. The number of aliphatic hydroxyl groups excluding tert-OH is 2. The summed E-state index contributed by atoms with van der Waals surface area (Å²) in [4.78, 5) is 4.83. The molecule has 0 aromatic carbocycles. The lowest BCUT2D eigenvalue weighted by Gasteiger charge is -2.25. The average molecular weight is 242 g/mol. The molecular formula is C13H26N2O2. The zero-order chi connectivity index (χ0) is 12.1. The van der Waals surface area contributed by atoms with Crippen molar-refractivity contribution >= 4 is 0 Å². The van der Waals surface area contributed by atoms with Gasteiger partial charge < -0.3 is 15.1 Å². The second-order valence-corrected chi connectivity index (χ2v) is 5.48. The highest BCUT2D eigenvalue weighted by atomic mass is 16.3. The zero-order valence-corrected chi connectivity index (χ0v) is 10.7. The Bertz CT molecular complexity index is 225.